The maximum absolute atomic E-state index is 11.3. The van der Waals surface area contributed by atoms with Crippen LogP contribution >= 0.6 is 0 Å². The van der Waals surface area contributed by atoms with Crippen molar-refractivity contribution in [2.24, 2.45) is 5.92 Å². The van der Waals surface area contributed by atoms with Crippen LogP contribution in [-0.2, 0) is 4.79 Å². The van der Waals surface area contributed by atoms with Gasteiger partial charge in [0.2, 0.25) is 5.91 Å². The summed E-state index contributed by atoms with van der Waals surface area (Å²) in [5, 5.41) is 6.20. The Bertz CT molecular complexity index is 174. The molecule has 1 rings (SSSR count). The first-order chi connectivity index (χ1) is 6.76. The third-order valence-corrected chi connectivity index (χ3v) is 2.82. The predicted molar refractivity (Wildman–Crippen MR) is 58.1 cm³/mol. The minimum Gasteiger partial charge on any atom is -0.355 e. The van der Waals surface area contributed by atoms with Crippen LogP contribution in [0.15, 0.2) is 0 Å². The van der Waals surface area contributed by atoms with Gasteiger partial charge in [0, 0.05) is 12.6 Å². The molecular formula is C11H22N2O. The Kier molecular flexibility index (Phi) is 4.94. The van der Waals surface area contributed by atoms with E-state index in [0.717, 1.165) is 25.3 Å². The number of hydrogen-bond acceptors (Lipinski definition) is 2. The molecule has 14 heavy (non-hydrogen) atoms. The summed E-state index contributed by atoms with van der Waals surface area (Å²) in [5.41, 5.74) is 0. The van der Waals surface area contributed by atoms with Gasteiger partial charge < -0.3 is 10.6 Å². The second-order valence-electron chi connectivity index (χ2n) is 4.14. The lowest BCUT2D eigenvalue weighted by atomic mass is 10.2. The van der Waals surface area contributed by atoms with Crippen LogP contribution in [0.2, 0.25) is 0 Å². The van der Waals surface area contributed by atoms with E-state index in [4.69, 9.17) is 0 Å². The quantitative estimate of drug-likeness (QED) is 0.647. The van der Waals surface area contributed by atoms with Crippen LogP contribution in [-0.4, -0.2) is 25.0 Å². The number of carbonyl (C=O) groups excluding carboxylic acids is 1. The Hall–Kier alpha value is -0.570. The number of amides is 1. The third-order valence-electron chi connectivity index (χ3n) is 2.82. The molecule has 0 aromatic carbocycles. The van der Waals surface area contributed by atoms with Crippen molar-refractivity contribution in [3.8, 4) is 0 Å². The highest BCUT2D eigenvalue weighted by atomic mass is 16.1. The summed E-state index contributed by atoms with van der Waals surface area (Å²) in [4.78, 5) is 11.3. The first kappa shape index (κ1) is 11.5. The summed E-state index contributed by atoms with van der Waals surface area (Å²) >= 11 is 0. The van der Waals surface area contributed by atoms with Crippen LogP contribution in [0.4, 0.5) is 0 Å². The fraction of sp³-hybridized carbons (Fsp3) is 0.909. The van der Waals surface area contributed by atoms with Crippen LogP contribution in [0.3, 0.4) is 0 Å². The van der Waals surface area contributed by atoms with Gasteiger partial charge in [-0.3, -0.25) is 4.79 Å². The van der Waals surface area contributed by atoms with Gasteiger partial charge in [-0.05, 0) is 31.6 Å². The number of rotatable bonds is 7. The Morgan fingerprint density at radius 2 is 2.00 bits per heavy atom. The minimum atomic E-state index is 0.142. The largest absolute Gasteiger partial charge is 0.355 e. The standard InChI is InChI=1S/C11H22N2O/c1-3-10(4-2)12-8-11(14)13-7-9-5-6-9/h9-10,12H,3-8H2,1-2H3,(H,13,14). The van der Waals surface area contributed by atoms with Gasteiger partial charge in [-0.25, -0.2) is 0 Å². The lowest BCUT2D eigenvalue weighted by molar-refractivity contribution is -0.120. The molecule has 0 spiro atoms. The summed E-state index contributed by atoms with van der Waals surface area (Å²) in [6.45, 7) is 5.63. The molecule has 0 heterocycles. The van der Waals surface area contributed by atoms with Gasteiger partial charge in [0.25, 0.3) is 0 Å². The molecule has 1 amide bonds. The average molecular weight is 198 g/mol. The van der Waals surface area contributed by atoms with E-state index in [0.29, 0.717) is 12.6 Å². The zero-order valence-electron chi connectivity index (χ0n) is 9.31. The lowest BCUT2D eigenvalue weighted by Crippen LogP contribution is -2.39. The molecule has 2 N–H and O–H groups in total. The van der Waals surface area contributed by atoms with Gasteiger partial charge in [-0.1, -0.05) is 13.8 Å². The fourth-order valence-corrected chi connectivity index (χ4v) is 1.46. The monoisotopic (exact) mass is 198 g/mol. The highest BCUT2D eigenvalue weighted by Gasteiger charge is 2.21. The second-order valence-corrected chi connectivity index (χ2v) is 4.14. The summed E-state index contributed by atoms with van der Waals surface area (Å²) in [7, 11) is 0. The van der Waals surface area contributed by atoms with Crippen molar-refractivity contribution in [1.82, 2.24) is 10.6 Å². The van der Waals surface area contributed by atoms with E-state index in [9.17, 15) is 4.79 Å². The van der Waals surface area contributed by atoms with E-state index in [1.165, 1.54) is 12.8 Å². The Morgan fingerprint density at radius 1 is 1.36 bits per heavy atom. The minimum absolute atomic E-state index is 0.142. The van der Waals surface area contributed by atoms with Crippen molar-refractivity contribution in [3.63, 3.8) is 0 Å². The van der Waals surface area contributed by atoms with Crippen LogP contribution in [0.1, 0.15) is 39.5 Å². The molecule has 1 fully saturated rings. The maximum atomic E-state index is 11.3. The number of hydrogen-bond donors (Lipinski definition) is 2. The Morgan fingerprint density at radius 3 is 2.50 bits per heavy atom. The van der Waals surface area contributed by atoms with E-state index in [1.54, 1.807) is 0 Å². The third kappa shape index (κ3) is 4.61. The molecule has 0 saturated heterocycles. The van der Waals surface area contributed by atoms with Crippen molar-refractivity contribution in [1.29, 1.82) is 0 Å². The van der Waals surface area contributed by atoms with E-state index in [-0.39, 0.29) is 5.91 Å². The van der Waals surface area contributed by atoms with Gasteiger partial charge in [-0.15, -0.1) is 0 Å². The molecule has 3 nitrogen and oxygen atoms in total. The van der Waals surface area contributed by atoms with Gasteiger partial charge in [0.15, 0.2) is 0 Å². The highest BCUT2D eigenvalue weighted by molar-refractivity contribution is 5.78. The van der Waals surface area contributed by atoms with Crippen LogP contribution in [0, 0.1) is 5.92 Å². The molecule has 1 saturated carbocycles. The highest BCUT2D eigenvalue weighted by Crippen LogP contribution is 2.27. The molecule has 0 aromatic rings. The summed E-state index contributed by atoms with van der Waals surface area (Å²) in [5.74, 6) is 0.913. The van der Waals surface area contributed by atoms with Gasteiger partial charge in [0.1, 0.15) is 0 Å². The topological polar surface area (TPSA) is 41.1 Å². The molecule has 1 aliphatic carbocycles. The van der Waals surface area contributed by atoms with Crippen LogP contribution < -0.4 is 10.6 Å². The SMILES string of the molecule is CCC(CC)NCC(=O)NCC1CC1. The summed E-state index contributed by atoms with van der Waals surface area (Å²) in [6, 6.07) is 0.488. The van der Waals surface area contributed by atoms with Crippen molar-refractivity contribution < 1.29 is 4.79 Å². The molecule has 0 radical (unpaired) electrons. The number of carbonyl (C=O) groups is 1. The normalized spacial score (nSPS) is 15.9. The zero-order valence-corrected chi connectivity index (χ0v) is 9.31. The fourth-order valence-electron chi connectivity index (χ4n) is 1.46. The van der Waals surface area contributed by atoms with Crippen LogP contribution in [0.25, 0.3) is 0 Å². The van der Waals surface area contributed by atoms with Gasteiger partial charge >= 0.3 is 0 Å². The van der Waals surface area contributed by atoms with E-state index in [1.807, 2.05) is 0 Å². The van der Waals surface area contributed by atoms with Crippen molar-refractivity contribution in [3.05, 3.63) is 0 Å². The Labute approximate surface area is 86.6 Å². The molecule has 0 aromatic heterocycles. The zero-order chi connectivity index (χ0) is 10.4. The Balaban J connectivity index is 2.00. The molecule has 82 valence electrons. The lowest BCUT2D eigenvalue weighted by Gasteiger charge is -2.14. The van der Waals surface area contributed by atoms with E-state index < -0.39 is 0 Å². The molecule has 0 unspecified atom stereocenters. The first-order valence-electron chi connectivity index (χ1n) is 5.76. The van der Waals surface area contributed by atoms with Gasteiger partial charge in [-0.2, -0.15) is 0 Å². The van der Waals surface area contributed by atoms with Crippen LogP contribution in [0.5, 0.6) is 0 Å². The number of nitrogens with one attached hydrogen (secondary N) is 2. The summed E-state index contributed by atoms with van der Waals surface area (Å²) in [6.07, 6.45) is 4.76. The van der Waals surface area contributed by atoms with E-state index >= 15 is 0 Å². The average Bonchev–Trinajstić information content (AvgIpc) is 3.00. The first-order valence-corrected chi connectivity index (χ1v) is 5.76. The van der Waals surface area contributed by atoms with Crippen molar-refractivity contribution in [2.45, 2.75) is 45.6 Å². The van der Waals surface area contributed by atoms with E-state index in [2.05, 4.69) is 24.5 Å². The predicted octanol–water partition coefficient (Wildman–Crippen LogP) is 1.29. The molecule has 0 atom stereocenters. The van der Waals surface area contributed by atoms with Gasteiger partial charge in [0.05, 0.1) is 6.54 Å². The van der Waals surface area contributed by atoms with Crippen molar-refractivity contribution >= 4 is 5.91 Å². The molecular weight excluding hydrogens is 176 g/mol. The molecule has 3 heteroatoms. The van der Waals surface area contributed by atoms with Crippen molar-refractivity contribution in [2.75, 3.05) is 13.1 Å². The maximum Gasteiger partial charge on any atom is 0.233 e. The smallest absolute Gasteiger partial charge is 0.233 e. The molecule has 0 aliphatic heterocycles. The summed E-state index contributed by atoms with van der Waals surface area (Å²) < 4.78 is 0. The molecule has 0 bridgehead atoms. The molecule has 1 aliphatic rings. The second kappa shape index (κ2) is 6.02.